The van der Waals surface area contributed by atoms with Crippen molar-refractivity contribution >= 4 is 11.9 Å². The van der Waals surface area contributed by atoms with Crippen molar-refractivity contribution in [2.45, 2.75) is 18.9 Å². The first kappa shape index (κ1) is 9.98. The van der Waals surface area contributed by atoms with E-state index < -0.39 is 11.9 Å². The number of hydrogen-bond donors (Lipinski definition) is 1. The molecule has 0 bridgehead atoms. The highest BCUT2D eigenvalue weighted by atomic mass is 16.5. The molecule has 5 nitrogen and oxygen atoms in total. The summed E-state index contributed by atoms with van der Waals surface area (Å²) in [5, 5.41) is 8.89. The van der Waals surface area contributed by atoms with Gasteiger partial charge >= 0.3 is 11.9 Å². The molecule has 1 unspecified atom stereocenters. The van der Waals surface area contributed by atoms with E-state index in [1.807, 2.05) is 0 Å². The molecule has 1 atom stereocenters. The molecule has 0 spiro atoms. The molecule has 1 aliphatic heterocycles. The Morgan fingerprint density at radius 1 is 1.62 bits per heavy atom. The van der Waals surface area contributed by atoms with Crippen molar-refractivity contribution in [1.29, 1.82) is 0 Å². The summed E-state index contributed by atoms with van der Waals surface area (Å²) in [7, 11) is 1.17. The van der Waals surface area contributed by atoms with Crippen LogP contribution in [0.4, 0.5) is 0 Å². The maximum Gasteiger partial charge on any atom is 0.396 e. The Bertz CT molecular complexity index is 216. The average molecular weight is 187 g/mol. The third kappa shape index (κ3) is 1.98. The standard InChI is InChI=1S/C8H13NO4/c1-13-8(12)7(11)9-4-2-3-6(9)5-10/h6,10H,2-5H2,1H3. The SMILES string of the molecule is COC(=O)C(=O)N1CCCC1CO. The summed E-state index contributed by atoms with van der Waals surface area (Å²) in [6.07, 6.45) is 1.58. The van der Waals surface area contributed by atoms with Gasteiger partial charge in [0, 0.05) is 6.54 Å². The molecule has 0 aromatic heterocycles. The lowest BCUT2D eigenvalue weighted by molar-refractivity contribution is -0.158. The Balaban J connectivity index is 2.60. The van der Waals surface area contributed by atoms with Gasteiger partial charge in [0.05, 0.1) is 19.8 Å². The third-order valence-corrected chi connectivity index (χ3v) is 2.21. The van der Waals surface area contributed by atoms with Crippen LogP contribution in [0.2, 0.25) is 0 Å². The molecule has 1 aliphatic rings. The summed E-state index contributed by atoms with van der Waals surface area (Å²) in [6, 6.07) is -0.216. The lowest BCUT2D eigenvalue weighted by Crippen LogP contribution is -2.42. The van der Waals surface area contributed by atoms with E-state index in [4.69, 9.17) is 5.11 Å². The van der Waals surface area contributed by atoms with Gasteiger partial charge < -0.3 is 14.7 Å². The van der Waals surface area contributed by atoms with E-state index in [0.717, 1.165) is 12.8 Å². The molecular weight excluding hydrogens is 174 g/mol. The van der Waals surface area contributed by atoms with Crippen LogP contribution < -0.4 is 0 Å². The number of nitrogens with zero attached hydrogens (tertiary/aromatic N) is 1. The quantitative estimate of drug-likeness (QED) is 0.428. The normalized spacial score (nSPS) is 21.7. The van der Waals surface area contributed by atoms with Crippen LogP contribution in [0.15, 0.2) is 0 Å². The summed E-state index contributed by atoms with van der Waals surface area (Å²) in [4.78, 5) is 23.5. The molecule has 1 saturated heterocycles. The highest BCUT2D eigenvalue weighted by Crippen LogP contribution is 2.16. The van der Waals surface area contributed by atoms with Gasteiger partial charge in [0.2, 0.25) is 0 Å². The van der Waals surface area contributed by atoms with Gasteiger partial charge in [-0.15, -0.1) is 0 Å². The lowest BCUT2D eigenvalue weighted by atomic mass is 10.2. The highest BCUT2D eigenvalue weighted by Gasteiger charge is 2.32. The van der Waals surface area contributed by atoms with E-state index in [1.54, 1.807) is 0 Å². The largest absolute Gasteiger partial charge is 0.462 e. The zero-order chi connectivity index (χ0) is 9.84. The number of methoxy groups -OCH3 is 1. The second kappa shape index (κ2) is 4.23. The fourth-order valence-electron chi connectivity index (χ4n) is 1.50. The second-order valence-electron chi connectivity index (χ2n) is 2.97. The molecule has 13 heavy (non-hydrogen) atoms. The monoisotopic (exact) mass is 187 g/mol. The maximum atomic E-state index is 11.3. The Hall–Kier alpha value is -1.10. The van der Waals surface area contributed by atoms with E-state index in [1.165, 1.54) is 12.0 Å². The van der Waals surface area contributed by atoms with Crippen LogP contribution in [0.25, 0.3) is 0 Å². The summed E-state index contributed by atoms with van der Waals surface area (Å²) >= 11 is 0. The topological polar surface area (TPSA) is 66.8 Å². The van der Waals surface area contributed by atoms with Crippen molar-refractivity contribution in [3.05, 3.63) is 0 Å². The highest BCUT2D eigenvalue weighted by molar-refractivity contribution is 6.32. The molecule has 1 N–H and O–H groups in total. The first-order valence-electron chi connectivity index (χ1n) is 4.20. The van der Waals surface area contributed by atoms with Gasteiger partial charge in [-0.25, -0.2) is 4.79 Å². The Labute approximate surface area is 76.3 Å². The zero-order valence-electron chi connectivity index (χ0n) is 7.52. The molecule has 1 fully saturated rings. The average Bonchev–Trinajstić information content (AvgIpc) is 2.62. The molecule has 0 aliphatic carbocycles. The van der Waals surface area contributed by atoms with Crippen molar-refractivity contribution in [1.82, 2.24) is 4.90 Å². The number of aliphatic hydroxyl groups is 1. The van der Waals surface area contributed by atoms with Gasteiger partial charge in [-0.05, 0) is 12.8 Å². The van der Waals surface area contributed by atoms with Crippen molar-refractivity contribution in [2.24, 2.45) is 0 Å². The van der Waals surface area contributed by atoms with Crippen LogP contribution in [-0.2, 0) is 14.3 Å². The molecule has 5 heteroatoms. The summed E-state index contributed by atoms with van der Waals surface area (Å²) in [6.45, 7) is 0.432. The van der Waals surface area contributed by atoms with Crippen LogP contribution in [0.1, 0.15) is 12.8 Å². The maximum absolute atomic E-state index is 11.3. The second-order valence-corrected chi connectivity index (χ2v) is 2.97. The summed E-state index contributed by atoms with van der Waals surface area (Å²) in [5.74, 6) is -1.51. The molecule has 1 rings (SSSR count). The van der Waals surface area contributed by atoms with Gasteiger partial charge in [0.1, 0.15) is 0 Å². The van der Waals surface area contributed by atoms with Gasteiger partial charge in [-0.2, -0.15) is 0 Å². The molecule has 0 aromatic rings. The number of likely N-dealkylation sites (tertiary alicyclic amines) is 1. The molecule has 0 radical (unpaired) electrons. The van der Waals surface area contributed by atoms with Crippen molar-refractivity contribution < 1.29 is 19.4 Å². The van der Waals surface area contributed by atoms with Crippen molar-refractivity contribution in [3.63, 3.8) is 0 Å². The predicted molar refractivity (Wildman–Crippen MR) is 43.8 cm³/mol. The molecule has 1 heterocycles. The number of carbonyl (C=O) groups is 2. The fraction of sp³-hybridized carbons (Fsp3) is 0.750. The van der Waals surface area contributed by atoms with Gasteiger partial charge in [0.15, 0.2) is 0 Å². The Morgan fingerprint density at radius 3 is 2.85 bits per heavy atom. The number of esters is 1. The van der Waals surface area contributed by atoms with Crippen molar-refractivity contribution in [2.75, 3.05) is 20.3 Å². The van der Waals surface area contributed by atoms with Gasteiger partial charge in [0.25, 0.3) is 0 Å². The minimum Gasteiger partial charge on any atom is -0.462 e. The Kier molecular flexibility index (Phi) is 3.25. The van der Waals surface area contributed by atoms with Gasteiger partial charge in [-0.3, -0.25) is 4.79 Å². The first-order valence-corrected chi connectivity index (χ1v) is 4.20. The number of aliphatic hydroxyl groups excluding tert-OH is 1. The number of amides is 1. The minimum absolute atomic E-state index is 0.0945. The fourth-order valence-corrected chi connectivity index (χ4v) is 1.50. The van der Waals surface area contributed by atoms with Crippen LogP contribution in [0.5, 0.6) is 0 Å². The number of carbonyl (C=O) groups excluding carboxylic acids is 2. The number of rotatable bonds is 1. The van der Waals surface area contributed by atoms with E-state index in [-0.39, 0.29) is 12.6 Å². The predicted octanol–water partition coefficient (Wildman–Crippen LogP) is -0.857. The summed E-state index contributed by atoms with van der Waals surface area (Å²) < 4.78 is 4.31. The number of ether oxygens (including phenoxy) is 1. The Morgan fingerprint density at radius 2 is 2.31 bits per heavy atom. The van der Waals surface area contributed by atoms with Crippen LogP contribution in [0, 0.1) is 0 Å². The minimum atomic E-state index is -0.861. The van der Waals surface area contributed by atoms with E-state index >= 15 is 0 Å². The van der Waals surface area contributed by atoms with Crippen molar-refractivity contribution in [3.8, 4) is 0 Å². The first-order chi connectivity index (χ1) is 6.20. The van der Waals surface area contributed by atoms with E-state index in [9.17, 15) is 9.59 Å². The third-order valence-electron chi connectivity index (χ3n) is 2.21. The van der Waals surface area contributed by atoms with E-state index in [2.05, 4.69) is 4.74 Å². The molecule has 0 aromatic carbocycles. The number of hydrogen-bond acceptors (Lipinski definition) is 4. The van der Waals surface area contributed by atoms with Gasteiger partial charge in [-0.1, -0.05) is 0 Å². The molecule has 74 valence electrons. The molecule has 1 amide bonds. The zero-order valence-corrected chi connectivity index (χ0v) is 7.52. The lowest BCUT2D eigenvalue weighted by Gasteiger charge is -2.21. The van der Waals surface area contributed by atoms with E-state index in [0.29, 0.717) is 6.54 Å². The van der Waals surface area contributed by atoms with Crippen LogP contribution in [0.3, 0.4) is 0 Å². The molecule has 0 saturated carbocycles. The summed E-state index contributed by atoms with van der Waals surface area (Å²) in [5.41, 5.74) is 0. The van der Waals surface area contributed by atoms with Crippen LogP contribution >= 0.6 is 0 Å². The smallest absolute Gasteiger partial charge is 0.396 e. The molecular formula is C8H13NO4. The van der Waals surface area contributed by atoms with Crippen LogP contribution in [-0.4, -0.2) is 48.2 Å².